The van der Waals surface area contributed by atoms with E-state index >= 15 is 0 Å². The summed E-state index contributed by atoms with van der Waals surface area (Å²) in [6.07, 6.45) is -1.05. The van der Waals surface area contributed by atoms with Crippen molar-refractivity contribution in [1.82, 2.24) is 0 Å². The van der Waals surface area contributed by atoms with Gasteiger partial charge in [-0.3, -0.25) is 0 Å². The second-order valence-corrected chi connectivity index (χ2v) is 11.4. The van der Waals surface area contributed by atoms with Crippen LogP contribution in [-0.2, 0) is 20.6 Å². The molecule has 11 nitrogen and oxygen atoms in total. The van der Waals surface area contributed by atoms with Crippen molar-refractivity contribution in [3.8, 4) is 40.2 Å². The SMILES string of the molecule is COC[C@H]1Cc2cc([C@@H]3OC[C@]4(O)[C@@H](Oc5c(OC)cccc5OC)OC[C@H]34)c(OC)cc2O[C@@H]1c1ccc2c(c1)OCO2. The second-order valence-electron chi connectivity index (χ2n) is 11.4. The zero-order valence-corrected chi connectivity index (χ0v) is 25.1. The van der Waals surface area contributed by atoms with Crippen LogP contribution < -0.4 is 33.2 Å². The van der Waals surface area contributed by atoms with Crippen LogP contribution in [0.1, 0.15) is 28.9 Å². The molecule has 7 rings (SSSR count). The number of hydrogen-bond acceptors (Lipinski definition) is 11. The number of aliphatic hydroxyl groups is 1. The van der Waals surface area contributed by atoms with Crippen LogP contribution in [0, 0.1) is 11.8 Å². The van der Waals surface area contributed by atoms with Crippen molar-refractivity contribution in [3.63, 3.8) is 0 Å². The van der Waals surface area contributed by atoms with Gasteiger partial charge in [-0.1, -0.05) is 12.1 Å². The summed E-state index contributed by atoms with van der Waals surface area (Å²) in [7, 11) is 6.40. The van der Waals surface area contributed by atoms with Gasteiger partial charge in [-0.15, -0.1) is 0 Å². The Balaban J connectivity index is 1.17. The van der Waals surface area contributed by atoms with E-state index in [9.17, 15) is 5.11 Å². The van der Waals surface area contributed by atoms with Crippen molar-refractivity contribution in [3.05, 3.63) is 65.2 Å². The minimum absolute atomic E-state index is 0.0136. The summed E-state index contributed by atoms with van der Waals surface area (Å²) in [5, 5.41) is 11.9. The molecule has 0 unspecified atom stereocenters. The summed E-state index contributed by atoms with van der Waals surface area (Å²) in [6, 6.07) is 15.2. The van der Waals surface area contributed by atoms with Gasteiger partial charge in [0, 0.05) is 24.7 Å². The standard InChI is InChI=1S/C33H36O11/c1-35-14-20-10-19-11-21(27(38-4)13-26(19)43-29(20)18-8-9-23-28(12-18)42-17-41-23)30-22-15-39-32(33(22,34)16-40-30)44-31-24(36-2)6-5-7-25(31)37-3/h5-9,11-13,20,22,29-30,32,34H,10,14-17H2,1-4H3/t20-,22-,29-,30+,32-,33-/m1/s1. The van der Waals surface area contributed by atoms with Crippen LogP contribution in [0.5, 0.6) is 40.2 Å². The fourth-order valence-corrected chi connectivity index (χ4v) is 6.71. The zero-order valence-electron chi connectivity index (χ0n) is 25.1. The van der Waals surface area contributed by atoms with Crippen molar-refractivity contribution in [2.24, 2.45) is 11.8 Å². The summed E-state index contributed by atoms with van der Waals surface area (Å²) in [4.78, 5) is 0. The number of hydrogen-bond donors (Lipinski definition) is 1. The van der Waals surface area contributed by atoms with Gasteiger partial charge in [0.1, 0.15) is 17.6 Å². The van der Waals surface area contributed by atoms with Crippen LogP contribution in [0.3, 0.4) is 0 Å². The van der Waals surface area contributed by atoms with Gasteiger partial charge >= 0.3 is 0 Å². The first-order valence-corrected chi connectivity index (χ1v) is 14.6. The molecular weight excluding hydrogens is 572 g/mol. The quantitative estimate of drug-likeness (QED) is 0.377. The third-order valence-electron chi connectivity index (χ3n) is 8.93. The van der Waals surface area contributed by atoms with E-state index < -0.39 is 23.9 Å². The fraction of sp³-hybridized carbons (Fsp3) is 0.455. The number of rotatable bonds is 9. The fourth-order valence-electron chi connectivity index (χ4n) is 6.71. The molecule has 2 saturated heterocycles. The molecular formula is C33H36O11. The van der Waals surface area contributed by atoms with E-state index in [0.29, 0.717) is 41.8 Å². The first-order chi connectivity index (χ1) is 21.5. The molecule has 4 aliphatic rings. The lowest BCUT2D eigenvalue weighted by Crippen LogP contribution is -2.47. The van der Waals surface area contributed by atoms with Crippen LogP contribution >= 0.6 is 0 Å². The molecule has 11 heteroatoms. The van der Waals surface area contributed by atoms with Gasteiger partial charge in [0.05, 0.1) is 53.2 Å². The average Bonchev–Trinajstić information content (AvgIpc) is 3.74. The third kappa shape index (κ3) is 4.75. The van der Waals surface area contributed by atoms with Gasteiger partial charge in [0.15, 0.2) is 28.6 Å². The smallest absolute Gasteiger partial charge is 0.232 e. The third-order valence-corrected chi connectivity index (χ3v) is 8.93. The Bertz CT molecular complexity index is 1500. The number of benzene rings is 3. The van der Waals surface area contributed by atoms with Gasteiger partial charge in [-0.25, -0.2) is 0 Å². The van der Waals surface area contributed by atoms with Gasteiger partial charge in [0.25, 0.3) is 0 Å². The number of methoxy groups -OCH3 is 4. The second kappa shape index (κ2) is 11.6. The highest BCUT2D eigenvalue weighted by Gasteiger charge is 2.61. The highest BCUT2D eigenvalue weighted by Crippen LogP contribution is 2.53. The Kier molecular flexibility index (Phi) is 7.57. The van der Waals surface area contributed by atoms with Gasteiger partial charge in [-0.05, 0) is 47.9 Å². The van der Waals surface area contributed by atoms with Crippen molar-refractivity contribution in [2.75, 3.05) is 55.1 Å². The molecule has 0 spiro atoms. The van der Waals surface area contributed by atoms with Crippen molar-refractivity contribution >= 4 is 0 Å². The predicted molar refractivity (Wildman–Crippen MR) is 155 cm³/mol. The lowest BCUT2D eigenvalue weighted by atomic mass is 9.83. The summed E-state index contributed by atoms with van der Waals surface area (Å²) in [5.74, 6) is 3.67. The first kappa shape index (κ1) is 28.8. The molecule has 0 amide bonds. The maximum atomic E-state index is 11.9. The van der Waals surface area contributed by atoms with Crippen LogP contribution in [0.15, 0.2) is 48.5 Å². The summed E-state index contributed by atoms with van der Waals surface area (Å²) in [6.45, 7) is 0.945. The molecule has 1 N–H and O–H groups in total. The molecule has 0 aliphatic carbocycles. The lowest BCUT2D eigenvalue weighted by Gasteiger charge is -2.35. The predicted octanol–water partition coefficient (Wildman–Crippen LogP) is 4.23. The van der Waals surface area contributed by atoms with E-state index in [1.54, 1.807) is 46.6 Å². The van der Waals surface area contributed by atoms with Gasteiger partial charge in [-0.2, -0.15) is 0 Å². The highest BCUT2D eigenvalue weighted by atomic mass is 16.7. The average molecular weight is 609 g/mol. The largest absolute Gasteiger partial charge is 0.496 e. The molecule has 0 saturated carbocycles. The number of ether oxygens (including phenoxy) is 10. The van der Waals surface area contributed by atoms with E-state index in [1.165, 1.54) is 0 Å². The van der Waals surface area contributed by atoms with E-state index in [2.05, 4.69) is 6.07 Å². The summed E-state index contributed by atoms with van der Waals surface area (Å²) in [5.41, 5.74) is 1.38. The Hall–Kier alpha value is -3.90. The van der Waals surface area contributed by atoms with Crippen molar-refractivity contribution in [1.29, 1.82) is 0 Å². The lowest BCUT2D eigenvalue weighted by molar-refractivity contribution is -0.153. The monoisotopic (exact) mass is 608 g/mol. The molecule has 4 heterocycles. The first-order valence-electron chi connectivity index (χ1n) is 14.6. The molecule has 3 aromatic carbocycles. The molecule has 0 aromatic heterocycles. The summed E-state index contributed by atoms with van der Waals surface area (Å²) >= 11 is 0. The van der Waals surface area contributed by atoms with Crippen molar-refractivity contribution < 1.29 is 52.5 Å². The Morgan fingerprint density at radius 1 is 0.841 bits per heavy atom. The van der Waals surface area contributed by atoms with E-state index in [1.807, 2.05) is 24.3 Å². The van der Waals surface area contributed by atoms with Crippen molar-refractivity contribution in [2.45, 2.75) is 30.5 Å². The molecule has 44 heavy (non-hydrogen) atoms. The van der Waals surface area contributed by atoms with Gasteiger partial charge < -0.3 is 52.5 Å². The van der Waals surface area contributed by atoms with Crippen LogP contribution in [0.2, 0.25) is 0 Å². The maximum Gasteiger partial charge on any atom is 0.232 e. The minimum atomic E-state index is -1.42. The Morgan fingerprint density at radius 3 is 2.36 bits per heavy atom. The number of para-hydroxylation sites is 1. The molecule has 2 fully saturated rings. The summed E-state index contributed by atoms with van der Waals surface area (Å²) < 4.78 is 58.7. The zero-order chi connectivity index (χ0) is 30.4. The Morgan fingerprint density at radius 2 is 1.61 bits per heavy atom. The van der Waals surface area contributed by atoms with E-state index in [4.69, 9.17) is 47.4 Å². The topological polar surface area (TPSA) is 113 Å². The molecule has 3 aromatic rings. The maximum absolute atomic E-state index is 11.9. The van der Waals surface area contributed by atoms with E-state index in [-0.39, 0.29) is 32.0 Å². The molecule has 0 radical (unpaired) electrons. The number of fused-ring (bicyclic) bond motifs is 3. The van der Waals surface area contributed by atoms with Gasteiger partial charge in [0.2, 0.25) is 18.8 Å². The minimum Gasteiger partial charge on any atom is -0.496 e. The highest BCUT2D eigenvalue weighted by molar-refractivity contribution is 5.53. The normalized spacial score (nSPS) is 28.2. The van der Waals surface area contributed by atoms with Crippen LogP contribution in [0.4, 0.5) is 0 Å². The molecule has 4 aliphatic heterocycles. The Labute approximate surface area is 255 Å². The van der Waals surface area contributed by atoms with Crippen LogP contribution in [0.25, 0.3) is 0 Å². The van der Waals surface area contributed by atoms with E-state index in [0.717, 1.165) is 28.2 Å². The molecule has 234 valence electrons. The van der Waals surface area contributed by atoms with Crippen LogP contribution in [-0.4, -0.2) is 72.1 Å². The molecule has 6 atom stereocenters. The molecule has 0 bridgehead atoms.